The molecular formula is C34H49FN4O7S. The highest BCUT2D eigenvalue weighted by atomic mass is 32.2. The van der Waals surface area contributed by atoms with Gasteiger partial charge < -0.3 is 24.5 Å². The number of benzene rings is 1. The summed E-state index contributed by atoms with van der Waals surface area (Å²) in [6.07, 6.45) is 4.90. The van der Waals surface area contributed by atoms with Gasteiger partial charge in [0, 0.05) is 64.5 Å². The average Bonchev–Trinajstić information content (AvgIpc) is 3.01. The molecule has 1 aromatic rings. The lowest BCUT2D eigenvalue weighted by Gasteiger charge is -2.35. The molecule has 0 unspecified atom stereocenters. The fourth-order valence-electron chi connectivity index (χ4n) is 6.48. The van der Waals surface area contributed by atoms with Crippen LogP contribution in [0.5, 0.6) is 0 Å². The number of aliphatic hydroxyl groups is 1. The third-order valence-electron chi connectivity index (χ3n) is 9.49. The van der Waals surface area contributed by atoms with Crippen LogP contribution in [0.3, 0.4) is 0 Å². The number of sulfonamides is 1. The molecule has 1 N–H and O–H groups in total. The smallest absolute Gasteiger partial charge is 0.410 e. The number of halogens is 1. The van der Waals surface area contributed by atoms with Crippen LogP contribution in [-0.2, 0) is 24.3 Å². The zero-order valence-electron chi connectivity index (χ0n) is 28.1. The van der Waals surface area contributed by atoms with Gasteiger partial charge in [0.05, 0.1) is 18.3 Å². The zero-order valence-corrected chi connectivity index (χ0v) is 28.9. The number of hydrogen-bond acceptors (Lipinski definition) is 9. The topological polar surface area (TPSA) is 128 Å². The van der Waals surface area contributed by atoms with Crippen LogP contribution in [0.25, 0.3) is 6.08 Å². The van der Waals surface area contributed by atoms with E-state index < -0.39 is 57.5 Å². The number of rotatable bonds is 5. The highest BCUT2D eigenvalue weighted by Crippen LogP contribution is 2.30. The van der Waals surface area contributed by atoms with Crippen LogP contribution in [-0.4, -0.2) is 123 Å². The first-order valence-corrected chi connectivity index (χ1v) is 18.2. The lowest BCUT2D eigenvalue weighted by Crippen LogP contribution is -2.48. The van der Waals surface area contributed by atoms with Gasteiger partial charge in [-0.2, -0.15) is 4.31 Å². The van der Waals surface area contributed by atoms with Crippen molar-refractivity contribution in [2.75, 3.05) is 70.6 Å². The van der Waals surface area contributed by atoms with Crippen LogP contribution in [0.4, 0.5) is 14.9 Å². The van der Waals surface area contributed by atoms with E-state index in [-0.39, 0.29) is 31.8 Å². The van der Waals surface area contributed by atoms with Crippen molar-refractivity contribution in [1.82, 2.24) is 14.1 Å². The molecule has 13 heteroatoms. The fraction of sp³-hybridized carbons (Fsp3) is 0.618. The molecule has 1 amide bonds. The Morgan fingerprint density at radius 2 is 1.64 bits per heavy atom. The quantitative estimate of drug-likeness (QED) is 0.370. The van der Waals surface area contributed by atoms with E-state index in [2.05, 4.69) is 4.90 Å². The van der Waals surface area contributed by atoms with Gasteiger partial charge in [0.15, 0.2) is 0 Å². The van der Waals surface area contributed by atoms with Gasteiger partial charge in [0.1, 0.15) is 11.9 Å². The number of Topliss-reactive ketones (excluding diaryl/α,β-unsaturated/α-hetero) is 2. The van der Waals surface area contributed by atoms with Gasteiger partial charge in [0.25, 0.3) is 0 Å². The molecule has 1 aliphatic carbocycles. The summed E-state index contributed by atoms with van der Waals surface area (Å²) in [6.45, 7) is 9.50. The minimum Gasteiger partial charge on any atom is -0.442 e. The number of carbonyl (C=O) groups excluding carboxylic acids is 3. The molecule has 0 aromatic heterocycles. The molecule has 47 heavy (non-hydrogen) atoms. The van der Waals surface area contributed by atoms with Crippen molar-refractivity contribution < 1.29 is 37.0 Å². The number of amides is 1. The standard InChI is InChI=1S/C34H49FN4O7S/c1-23-6-8-29(40)22-30(41)33(42)32(24(2)7-9-31(23)46-34(43)38-12-10-36(4)11-13-38)25(3)18-26-19-27(35)21-28(20-26)37-14-16-39(17-15-37)47(5,44)45/h7,9,18-21,23-24,29,31-32,40H,6,8,10-17,22H2,1-5H3/b9-7+,25-18+/t23-,24-,29+,31-,32-/m0/s1. The molecule has 0 spiro atoms. The molecule has 2 fully saturated rings. The predicted octanol–water partition coefficient (Wildman–Crippen LogP) is 3.19. The Hall–Kier alpha value is -3.13. The summed E-state index contributed by atoms with van der Waals surface area (Å²) in [4.78, 5) is 45.6. The molecule has 0 saturated carbocycles. The minimum absolute atomic E-state index is 0.144. The largest absolute Gasteiger partial charge is 0.442 e. The summed E-state index contributed by atoms with van der Waals surface area (Å²) in [6, 6.07) is 4.52. The van der Waals surface area contributed by atoms with Crippen LogP contribution in [0.1, 0.15) is 45.6 Å². The lowest BCUT2D eigenvalue weighted by atomic mass is 9.80. The summed E-state index contributed by atoms with van der Waals surface area (Å²) in [5.41, 5.74) is 1.64. The molecule has 3 aliphatic rings. The number of hydrogen-bond donors (Lipinski definition) is 1. The highest BCUT2D eigenvalue weighted by molar-refractivity contribution is 7.88. The summed E-state index contributed by atoms with van der Waals surface area (Å²) in [5, 5.41) is 10.7. The first kappa shape index (κ1) is 36.7. The van der Waals surface area contributed by atoms with Gasteiger partial charge >= 0.3 is 6.09 Å². The monoisotopic (exact) mass is 676 g/mol. The van der Waals surface area contributed by atoms with Gasteiger partial charge in [0.2, 0.25) is 21.6 Å². The van der Waals surface area contributed by atoms with Crippen molar-refractivity contribution in [2.24, 2.45) is 17.8 Å². The predicted molar refractivity (Wildman–Crippen MR) is 179 cm³/mol. The van der Waals surface area contributed by atoms with E-state index in [0.717, 1.165) is 13.1 Å². The fourth-order valence-corrected chi connectivity index (χ4v) is 7.31. The molecule has 2 aliphatic heterocycles. The SMILES string of the molecule is C/C(=C\c1cc(F)cc(N2CCN(S(C)(=O)=O)CC2)c1)[C@H]1C(=O)C(=O)C[C@H](O)CC[C@H](C)[C@@H](OC(=O)N2CCN(C)CC2)/C=C/[C@@H]1C. The second kappa shape index (κ2) is 15.8. The van der Waals surface area contributed by atoms with E-state index in [1.54, 1.807) is 30.0 Å². The maximum absolute atomic E-state index is 14.9. The van der Waals surface area contributed by atoms with Crippen LogP contribution in [0, 0.1) is 23.6 Å². The molecule has 11 nitrogen and oxygen atoms in total. The van der Waals surface area contributed by atoms with E-state index in [1.165, 1.54) is 22.7 Å². The second-order valence-electron chi connectivity index (χ2n) is 13.3. The van der Waals surface area contributed by atoms with Crippen molar-refractivity contribution in [3.05, 3.63) is 47.3 Å². The van der Waals surface area contributed by atoms with Crippen molar-refractivity contribution in [2.45, 2.75) is 52.2 Å². The number of likely N-dealkylation sites (N-methyl/N-ethyl adjacent to an activating group) is 1. The maximum Gasteiger partial charge on any atom is 0.410 e. The normalized spacial score (nSPS) is 28.8. The van der Waals surface area contributed by atoms with Crippen LogP contribution in [0.2, 0.25) is 0 Å². The minimum atomic E-state index is -3.31. The summed E-state index contributed by atoms with van der Waals surface area (Å²) >= 11 is 0. The number of anilines is 1. The number of ether oxygens (including phenoxy) is 1. The van der Waals surface area contributed by atoms with Crippen molar-refractivity contribution in [1.29, 1.82) is 0 Å². The molecule has 0 bridgehead atoms. The number of carbonyl (C=O) groups is 3. The first-order valence-electron chi connectivity index (χ1n) is 16.4. The first-order chi connectivity index (χ1) is 22.1. The third kappa shape index (κ3) is 9.94. The van der Waals surface area contributed by atoms with E-state index in [9.17, 15) is 32.3 Å². The number of nitrogens with zero attached hydrogens (tertiary/aromatic N) is 4. The van der Waals surface area contributed by atoms with Crippen molar-refractivity contribution >= 4 is 39.4 Å². The second-order valence-corrected chi connectivity index (χ2v) is 15.3. The molecule has 2 saturated heterocycles. The zero-order chi connectivity index (χ0) is 34.5. The molecule has 2 heterocycles. The van der Waals surface area contributed by atoms with Gasteiger partial charge in [-0.25, -0.2) is 17.6 Å². The van der Waals surface area contributed by atoms with Gasteiger partial charge in [-0.05, 0) is 68.5 Å². The Bertz CT molecular complexity index is 1470. The molecule has 4 rings (SSSR count). The Kier molecular flexibility index (Phi) is 12.4. The molecule has 1 aromatic carbocycles. The number of piperazine rings is 2. The van der Waals surface area contributed by atoms with E-state index in [0.29, 0.717) is 49.4 Å². The van der Waals surface area contributed by atoms with E-state index >= 15 is 0 Å². The van der Waals surface area contributed by atoms with Gasteiger partial charge in [-0.1, -0.05) is 31.6 Å². The maximum atomic E-state index is 14.9. The molecule has 0 radical (unpaired) electrons. The molecule has 5 atom stereocenters. The van der Waals surface area contributed by atoms with E-state index in [1.807, 2.05) is 31.9 Å². The van der Waals surface area contributed by atoms with Crippen molar-refractivity contribution in [3.63, 3.8) is 0 Å². The Morgan fingerprint density at radius 1 is 0.979 bits per heavy atom. The highest BCUT2D eigenvalue weighted by Gasteiger charge is 2.33. The number of allylic oxidation sites excluding steroid dienone is 2. The average molecular weight is 677 g/mol. The van der Waals surface area contributed by atoms with Crippen LogP contribution >= 0.6 is 0 Å². The summed E-state index contributed by atoms with van der Waals surface area (Å²) < 4.78 is 46.1. The Morgan fingerprint density at radius 3 is 2.28 bits per heavy atom. The van der Waals surface area contributed by atoms with E-state index in [4.69, 9.17) is 4.74 Å². The van der Waals surface area contributed by atoms with Crippen LogP contribution < -0.4 is 4.90 Å². The van der Waals surface area contributed by atoms with Crippen molar-refractivity contribution in [3.8, 4) is 0 Å². The molecular weight excluding hydrogens is 627 g/mol. The summed E-state index contributed by atoms with van der Waals surface area (Å²) in [5.74, 6) is -3.29. The summed E-state index contributed by atoms with van der Waals surface area (Å²) in [7, 11) is -1.31. The van der Waals surface area contributed by atoms with Gasteiger partial charge in [-0.3, -0.25) is 9.59 Å². The van der Waals surface area contributed by atoms with Crippen LogP contribution in [0.15, 0.2) is 35.9 Å². The number of aliphatic hydroxyl groups excluding tert-OH is 1. The van der Waals surface area contributed by atoms with Gasteiger partial charge in [-0.15, -0.1) is 0 Å². The lowest BCUT2D eigenvalue weighted by molar-refractivity contribution is -0.140. The Labute approximate surface area is 278 Å². The third-order valence-corrected chi connectivity index (χ3v) is 10.8. The molecule has 260 valence electrons. The number of ketones is 2. The Balaban J connectivity index is 1.59.